The summed E-state index contributed by atoms with van der Waals surface area (Å²) in [6.07, 6.45) is -5.00. The number of hydrogen-bond donors (Lipinski definition) is 2. The summed E-state index contributed by atoms with van der Waals surface area (Å²) in [5.41, 5.74) is 0.0202. The lowest BCUT2D eigenvalue weighted by atomic mass is 9.89. The lowest BCUT2D eigenvalue weighted by molar-refractivity contribution is -0.132. The molecule has 1 aliphatic heterocycles. The minimum absolute atomic E-state index is 0. The summed E-state index contributed by atoms with van der Waals surface area (Å²) in [6, 6.07) is 0. The first-order valence-electron chi connectivity index (χ1n) is 6.01. The quantitative estimate of drug-likeness (QED) is 0.426. The second-order valence-corrected chi connectivity index (χ2v) is 4.79. The van der Waals surface area contributed by atoms with Crippen LogP contribution in [-0.4, -0.2) is 45.0 Å². The van der Waals surface area contributed by atoms with Gasteiger partial charge in [-0.05, 0) is 6.92 Å². The van der Waals surface area contributed by atoms with Crippen LogP contribution in [0.3, 0.4) is 0 Å². The van der Waals surface area contributed by atoms with Crippen LogP contribution >= 0.6 is 24.0 Å². The van der Waals surface area contributed by atoms with Gasteiger partial charge in [-0.2, -0.15) is 13.2 Å². The average Bonchev–Trinajstić information content (AvgIpc) is 2.21. The average molecular weight is 395 g/mol. The van der Waals surface area contributed by atoms with E-state index in [1.807, 2.05) is 13.8 Å². The fourth-order valence-corrected chi connectivity index (χ4v) is 1.48. The molecule has 0 aromatic carbocycles. The number of nitrogens with zero attached hydrogens (tertiary/aromatic N) is 1. The molecule has 114 valence electrons. The van der Waals surface area contributed by atoms with E-state index in [9.17, 15) is 13.2 Å². The van der Waals surface area contributed by atoms with Crippen molar-refractivity contribution in [2.24, 2.45) is 10.4 Å². The van der Waals surface area contributed by atoms with Gasteiger partial charge in [-0.1, -0.05) is 6.92 Å². The maximum atomic E-state index is 12.0. The number of nitrogens with one attached hydrogen (secondary N) is 2. The highest BCUT2D eigenvalue weighted by Crippen LogP contribution is 2.26. The van der Waals surface area contributed by atoms with Gasteiger partial charge in [-0.15, -0.1) is 24.0 Å². The molecule has 0 radical (unpaired) electrons. The molecule has 0 atom stereocenters. The molecular formula is C11H21F3IN3O. The molecule has 1 fully saturated rings. The number of alkyl halides is 3. The lowest BCUT2D eigenvalue weighted by Crippen LogP contribution is -2.44. The Morgan fingerprint density at radius 2 is 1.95 bits per heavy atom. The Kier molecular flexibility index (Phi) is 8.02. The Bertz CT molecular complexity index is 293. The van der Waals surface area contributed by atoms with Gasteiger partial charge < -0.3 is 15.4 Å². The van der Waals surface area contributed by atoms with Crippen molar-refractivity contribution in [1.82, 2.24) is 10.6 Å². The van der Waals surface area contributed by atoms with E-state index < -0.39 is 12.6 Å². The Hall–Kier alpha value is -0.250. The van der Waals surface area contributed by atoms with Crippen molar-refractivity contribution in [2.75, 3.05) is 32.8 Å². The lowest BCUT2D eigenvalue weighted by Gasteiger charge is -2.36. The molecule has 0 aromatic heterocycles. The molecule has 0 saturated carbocycles. The molecule has 1 rings (SSSR count). The third-order valence-electron chi connectivity index (χ3n) is 2.57. The van der Waals surface area contributed by atoms with Crippen LogP contribution in [0.25, 0.3) is 0 Å². The maximum absolute atomic E-state index is 12.0. The zero-order valence-electron chi connectivity index (χ0n) is 11.1. The minimum Gasteiger partial charge on any atom is -0.380 e. The summed E-state index contributed by atoms with van der Waals surface area (Å²) >= 11 is 0. The Morgan fingerprint density at radius 3 is 2.37 bits per heavy atom. The minimum atomic E-state index is -4.14. The van der Waals surface area contributed by atoms with Crippen molar-refractivity contribution in [1.29, 1.82) is 0 Å². The Balaban J connectivity index is 0.00000324. The first-order chi connectivity index (χ1) is 8.35. The Labute approximate surface area is 128 Å². The van der Waals surface area contributed by atoms with Gasteiger partial charge in [0.25, 0.3) is 0 Å². The van der Waals surface area contributed by atoms with Crippen molar-refractivity contribution in [3.8, 4) is 0 Å². The summed E-state index contributed by atoms with van der Waals surface area (Å²) in [7, 11) is 0. The van der Waals surface area contributed by atoms with E-state index in [4.69, 9.17) is 4.74 Å². The van der Waals surface area contributed by atoms with Crippen LogP contribution in [0, 0.1) is 5.41 Å². The second kappa shape index (κ2) is 8.13. The van der Waals surface area contributed by atoms with Crippen molar-refractivity contribution < 1.29 is 17.9 Å². The van der Waals surface area contributed by atoms with Gasteiger partial charge >= 0.3 is 6.18 Å². The smallest absolute Gasteiger partial charge is 0.380 e. The van der Waals surface area contributed by atoms with Gasteiger partial charge in [-0.25, -0.2) is 0 Å². The molecule has 0 aromatic rings. The topological polar surface area (TPSA) is 45.7 Å². The van der Waals surface area contributed by atoms with E-state index in [1.165, 1.54) is 0 Å². The fourth-order valence-electron chi connectivity index (χ4n) is 1.48. The molecule has 0 amide bonds. The summed E-state index contributed by atoms with van der Waals surface area (Å²) in [4.78, 5) is 4.27. The largest absolute Gasteiger partial charge is 0.390 e. The zero-order chi connectivity index (χ0) is 13.6. The van der Waals surface area contributed by atoms with Gasteiger partial charge in [0.2, 0.25) is 0 Å². The van der Waals surface area contributed by atoms with Gasteiger partial charge in [0.15, 0.2) is 5.96 Å². The monoisotopic (exact) mass is 395 g/mol. The number of halogens is 4. The van der Waals surface area contributed by atoms with E-state index in [2.05, 4.69) is 15.6 Å². The van der Waals surface area contributed by atoms with E-state index in [-0.39, 0.29) is 35.9 Å². The fraction of sp³-hybridized carbons (Fsp3) is 0.909. The third-order valence-corrected chi connectivity index (χ3v) is 2.57. The first kappa shape index (κ1) is 18.8. The summed E-state index contributed by atoms with van der Waals surface area (Å²) in [5.74, 6) is 0.426. The SMILES string of the molecule is CCNC(=NCC1(C)COC1)NCCC(F)(F)F.I. The molecule has 0 bridgehead atoms. The molecule has 0 unspecified atom stereocenters. The van der Waals surface area contributed by atoms with E-state index in [0.29, 0.717) is 32.3 Å². The highest BCUT2D eigenvalue weighted by Gasteiger charge is 2.33. The highest BCUT2D eigenvalue weighted by atomic mass is 127. The number of ether oxygens (including phenoxy) is 1. The van der Waals surface area contributed by atoms with Gasteiger partial charge in [0, 0.05) is 18.5 Å². The number of guanidine groups is 1. The van der Waals surface area contributed by atoms with E-state index in [1.54, 1.807) is 0 Å². The maximum Gasteiger partial charge on any atom is 0.390 e. The van der Waals surface area contributed by atoms with Crippen LogP contribution in [0.2, 0.25) is 0 Å². The summed E-state index contributed by atoms with van der Waals surface area (Å²) < 4.78 is 41.1. The molecule has 8 heteroatoms. The normalized spacial score (nSPS) is 18.3. The van der Waals surface area contributed by atoms with Crippen molar-refractivity contribution in [2.45, 2.75) is 26.4 Å². The van der Waals surface area contributed by atoms with Crippen molar-refractivity contribution >= 4 is 29.9 Å². The van der Waals surface area contributed by atoms with E-state index in [0.717, 1.165) is 0 Å². The van der Waals surface area contributed by atoms with Crippen molar-refractivity contribution in [3.63, 3.8) is 0 Å². The molecule has 19 heavy (non-hydrogen) atoms. The molecule has 4 nitrogen and oxygen atoms in total. The summed E-state index contributed by atoms with van der Waals surface area (Å²) in [6.45, 7) is 6.22. The van der Waals surface area contributed by atoms with Crippen LogP contribution in [0.15, 0.2) is 4.99 Å². The van der Waals surface area contributed by atoms with Crippen LogP contribution in [0.4, 0.5) is 13.2 Å². The molecule has 0 spiro atoms. The van der Waals surface area contributed by atoms with Crippen molar-refractivity contribution in [3.05, 3.63) is 0 Å². The summed E-state index contributed by atoms with van der Waals surface area (Å²) in [5, 5.41) is 5.60. The standard InChI is InChI=1S/C11H20F3N3O.HI/c1-3-15-9(16-5-4-11(12,13)14)17-6-10(2)7-18-8-10;/h3-8H2,1-2H3,(H2,15,16,17);1H. The number of aliphatic imine (C=N–C) groups is 1. The van der Waals surface area contributed by atoms with Gasteiger partial charge in [0.05, 0.1) is 26.2 Å². The number of hydrogen-bond acceptors (Lipinski definition) is 2. The predicted molar refractivity (Wildman–Crippen MR) is 79.0 cm³/mol. The van der Waals surface area contributed by atoms with Crippen LogP contribution in [0.1, 0.15) is 20.3 Å². The molecule has 1 heterocycles. The molecular weight excluding hydrogens is 374 g/mol. The van der Waals surface area contributed by atoms with Crippen LogP contribution in [0.5, 0.6) is 0 Å². The first-order valence-corrected chi connectivity index (χ1v) is 6.01. The highest BCUT2D eigenvalue weighted by molar-refractivity contribution is 14.0. The second-order valence-electron chi connectivity index (χ2n) is 4.79. The molecule has 1 aliphatic rings. The predicted octanol–water partition coefficient (Wildman–Crippen LogP) is 2.15. The number of rotatable bonds is 5. The Morgan fingerprint density at radius 1 is 1.32 bits per heavy atom. The third kappa shape index (κ3) is 7.81. The molecule has 1 saturated heterocycles. The van der Waals surface area contributed by atoms with Crippen LogP contribution < -0.4 is 10.6 Å². The van der Waals surface area contributed by atoms with Gasteiger partial charge in [-0.3, -0.25) is 4.99 Å². The molecule has 2 N–H and O–H groups in total. The van der Waals surface area contributed by atoms with Crippen LogP contribution in [-0.2, 0) is 4.74 Å². The zero-order valence-corrected chi connectivity index (χ0v) is 13.5. The van der Waals surface area contributed by atoms with E-state index >= 15 is 0 Å². The molecule has 0 aliphatic carbocycles. The van der Waals surface area contributed by atoms with Gasteiger partial charge in [0.1, 0.15) is 0 Å².